The summed E-state index contributed by atoms with van der Waals surface area (Å²) < 4.78 is 0. The largest absolute Gasteiger partial charge is 0.398 e. The molecule has 0 atom stereocenters. The molecule has 0 radical (unpaired) electrons. The van der Waals surface area contributed by atoms with E-state index < -0.39 is 0 Å². The summed E-state index contributed by atoms with van der Waals surface area (Å²) in [6.07, 6.45) is 9.27. The highest BCUT2D eigenvalue weighted by molar-refractivity contribution is 5.64. The summed E-state index contributed by atoms with van der Waals surface area (Å²) in [5, 5.41) is 0. The molecule has 2 heteroatoms. The van der Waals surface area contributed by atoms with Crippen LogP contribution >= 0.6 is 0 Å². The molecule has 0 spiro atoms. The Bertz CT molecular complexity index is 918. The third-order valence-corrected chi connectivity index (χ3v) is 7.72. The molecule has 2 N–H and O–H groups in total. The van der Waals surface area contributed by atoms with Crippen LogP contribution in [0.5, 0.6) is 0 Å². The van der Waals surface area contributed by atoms with Gasteiger partial charge in [0.2, 0.25) is 0 Å². The Morgan fingerprint density at radius 2 is 1.26 bits per heavy atom. The zero-order chi connectivity index (χ0) is 22.3. The second-order valence-electron chi connectivity index (χ2n) is 10.8. The number of aryl methyl sites for hydroxylation is 2. The fourth-order valence-corrected chi connectivity index (χ4v) is 5.49. The molecule has 31 heavy (non-hydrogen) atoms. The molecule has 2 aromatic rings. The van der Waals surface area contributed by atoms with E-state index >= 15 is 0 Å². The monoisotopic (exact) mass is 418 g/mol. The van der Waals surface area contributed by atoms with Crippen LogP contribution in [0, 0.1) is 13.8 Å². The van der Waals surface area contributed by atoms with E-state index in [1.165, 1.54) is 66.3 Å². The van der Waals surface area contributed by atoms with E-state index in [1.807, 2.05) is 0 Å². The number of rotatable bonds is 7. The molecule has 2 aromatic carbocycles. The van der Waals surface area contributed by atoms with Crippen LogP contribution in [-0.2, 0) is 6.42 Å². The first-order valence-electron chi connectivity index (χ1n) is 12.6. The Hall–Kier alpha value is -1.96. The maximum absolute atomic E-state index is 6.38. The highest BCUT2D eigenvalue weighted by atomic mass is 15.2. The lowest BCUT2D eigenvalue weighted by atomic mass is 9.82. The minimum atomic E-state index is 0.451. The molecule has 4 rings (SSSR count). The lowest BCUT2D eigenvalue weighted by Crippen LogP contribution is -2.50. The number of anilines is 2. The standard InChI is InChI=1S/C29H42N2/c1-18(2)26-16-22(13-20(5)28(26)30)15-23-14-21(6)29(27(17-23)19(3)4)31(24-9-7-10-24)25-11-8-12-25/h13-14,16-19,24-25H,7-12,15,30H2,1-6H3. The molecule has 0 aromatic heterocycles. The average molecular weight is 419 g/mol. The molecule has 168 valence electrons. The van der Waals surface area contributed by atoms with E-state index in [0.29, 0.717) is 11.8 Å². The minimum absolute atomic E-state index is 0.451. The van der Waals surface area contributed by atoms with Crippen molar-refractivity contribution in [2.75, 3.05) is 10.6 Å². The lowest BCUT2D eigenvalue weighted by Gasteiger charge is -2.49. The van der Waals surface area contributed by atoms with Crippen molar-refractivity contribution in [1.29, 1.82) is 0 Å². The first-order chi connectivity index (χ1) is 14.8. The van der Waals surface area contributed by atoms with Gasteiger partial charge in [-0.2, -0.15) is 0 Å². The van der Waals surface area contributed by atoms with Crippen molar-refractivity contribution < 1.29 is 0 Å². The Morgan fingerprint density at radius 3 is 1.71 bits per heavy atom. The van der Waals surface area contributed by atoms with E-state index in [9.17, 15) is 0 Å². The van der Waals surface area contributed by atoms with E-state index in [-0.39, 0.29) is 0 Å². The fraction of sp³-hybridized carbons (Fsp3) is 0.586. The van der Waals surface area contributed by atoms with Gasteiger partial charge < -0.3 is 10.6 Å². The van der Waals surface area contributed by atoms with Gasteiger partial charge >= 0.3 is 0 Å². The summed E-state index contributed by atoms with van der Waals surface area (Å²) in [7, 11) is 0. The number of hydrogen-bond acceptors (Lipinski definition) is 2. The summed E-state index contributed by atoms with van der Waals surface area (Å²) in [6, 6.07) is 11.1. The molecular weight excluding hydrogens is 376 g/mol. The second-order valence-corrected chi connectivity index (χ2v) is 10.8. The number of nitrogen functional groups attached to an aromatic ring is 1. The number of nitrogens with two attached hydrogens (primary N) is 1. The van der Waals surface area contributed by atoms with Gasteiger partial charge in [0.25, 0.3) is 0 Å². The van der Waals surface area contributed by atoms with Gasteiger partial charge in [0, 0.05) is 23.5 Å². The van der Waals surface area contributed by atoms with E-state index in [2.05, 4.69) is 70.7 Å². The molecule has 0 aliphatic heterocycles. The van der Waals surface area contributed by atoms with Crippen LogP contribution in [0.1, 0.15) is 111 Å². The van der Waals surface area contributed by atoms with Crippen molar-refractivity contribution >= 4 is 11.4 Å². The topological polar surface area (TPSA) is 29.3 Å². The minimum Gasteiger partial charge on any atom is -0.398 e. The number of hydrogen-bond donors (Lipinski definition) is 1. The van der Waals surface area contributed by atoms with Crippen molar-refractivity contribution in [2.45, 2.75) is 110 Å². The molecule has 2 fully saturated rings. The number of nitrogens with zero attached hydrogens (tertiary/aromatic N) is 1. The zero-order valence-corrected chi connectivity index (χ0v) is 20.6. The predicted molar refractivity (Wildman–Crippen MR) is 136 cm³/mol. The first-order valence-corrected chi connectivity index (χ1v) is 12.6. The highest BCUT2D eigenvalue weighted by Gasteiger charge is 2.36. The van der Waals surface area contributed by atoms with E-state index in [4.69, 9.17) is 5.73 Å². The molecule has 2 nitrogen and oxygen atoms in total. The SMILES string of the molecule is Cc1cc(Cc2cc(C)c(N(C3CCC3)C3CCC3)c(C(C)C)c2)cc(C(C)C)c1N. The maximum Gasteiger partial charge on any atom is 0.0436 e. The van der Waals surface area contributed by atoms with Crippen molar-refractivity contribution in [3.8, 4) is 0 Å². The Labute approximate surface area is 190 Å². The Balaban J connectivity index is 1.71. The Morgan fingerprint density at radius 1 is 0.774 bits per heavy atom. The van der Waals surface area contributed by atoms with E-state index in [0.717, 1.165) is 24.2 Å². The van der Waals surface area contributed by atoms with Crippen LogP contribution in [0.2, 0.25) is 0 Å². The first kappa shape index (κ1) is 22.2. The van der Waals surface area contributed by atoms with Crippen LogP contribution in [0.15, 0.2) is 24.3 Å². The van der Waals surface area contributed by atoms with Gasteiger partial charge in [-0.3, -0.25) is 0 Å². The summed E-state index contributed by atoms with van der Waals surface area (Å²) in [4.78, 5) is 2.85. The van der Waals surface area contributed by atoms with Crippen molar-refractivity contribution in [3.05, 3.63) is 57.6 Å². The Kier molecular flexibility index (Phi) is 6.37. The maximum atomic E-state index is 6.38. The van der Waals surface area contributed by atoms with Gasteiger partial charge in [-0.25, -0.2) is 0 Å². The summed E-state index contributed by atoms with van der Waals surface area (Å²) >= 11 is 0. The molecular formula is C29H42N2. The molecule has 2 saturated carbocycles. The molecule has 0 unspecified atom stereocenters. The predicted octanol–water partition coefficient (Wildman–Crippen LogP) is 7.63. The van der Waals surface area contributed by atoms with Gasteiger partial charge in [0.1, 0.15) is 0 Å². The third-order valence-electron chi connectivity index (χ3n) is 7.72. The van der Waals surface area contributed by atoms with Gasteiger partial charge in [0.15, 0.2) is 0 Å². The quantitative estimate of drug-likeness (QED) is 0.468. The molecule has 0 saturated heterocycles. The van der Waals surface area contributed by atoms with Gasteiger partial charge in [-0.1, -0.05) is 52.0 Å². The van der Waals surface area contributed by atoms with Crippen molar-refractivity contribution in [1.82, 2.24) is 0 Å². The average Bonchev–Trinajstić information content (AvgIpc) is 2.60. The van der Waals surface area contributed by atoms with Crippen LogP contribution in [0.3, 0.4) is 0 Å². The molecule has 2 aliphatic rings. The van der Waals surface area contributed by atoms with Crippen LogP contribution in [0.4, 0.5) is 11.4 Å². The fourth-order valence-electron chi connectivity index (χ4n) is 5.49. The van der Waals surface area contributed by atoms with Gasteiger partial charge in [0.05, 0.1) is 0 Å². The van der Waals surface area contributed by atoms with Crippen LogP contribution in [-0.4, -0.2) is 12.1 Å². The lowest BCUT2D eigenvalue weighted by molar-refractivity contribution is 0.295. The zero-order valence-electron chi connectivity index (χ0n) is 20.6. The van der Waals surface area contributed by atoms with Gasteiger partial charge in [-0.15, -0.1) is 0 Å². The molecule has 0 heterocycles. The number of benzene rings is 2. The summed E-state index contributed by atoms with van der Waals surface area (Å²) in [6.45, 7) is 13.7. The van der Waals surface area contributed by atoms with Crippen LogP contribution in [0.25, 0.3) is 0 Å². The summed E-state index contributed by atoms with van der Waals surface area (Å²) in [5.41, 5.74) is 17.2. The highest BCUT2D eigenvalue weighted by Crippen LogP contribution is 2.43. The second kappa shape index (κ2) is 8.88. The molecule has 0 bridgehead atoms. The third kappa shape index (κ3) is 4.36. The van der Waals surface area contributed by atoms with Crippen molar-refractivity contribution in [3.63, 3.8) is 0 Å². The van der Waals surface area contributed by atoms with Crippen LogP contribution < -0.4 is 10.6 Å². The van der Waals surface area contributed by atoms with E-state index in [1.54, 1.807) is 11.3 Å². The molecule has 0 amide bonds. The normalized spacial score (nSPS) is 17.2. The molecule has 2 aliphatic carbocycles. The van der Waals surface area contributed by atoms with Crippen molar-refractivity contribution in [2.24, 2.45) is 0 Å². The smallest absolute Gasteiger partial charge is 0.0436 e. The summed E-state index contributed by atoms with van der Waals surface area (Å²) in [5.74, 6) is 0.989. The van der Waals surface area contributed by atoms with Gasteiger partial charge in [-0.05, 0) is 104 Å².